The van der Waals surface area contributed by atoms with Crippen LogP contribution in [0.25, 0.3) is 10.8 Å². The molecule has 0 saturated carbocycles. The van der Waals surface area contributed by atoms with Gasteiger partial charge in [-0.1, -0.05) is 18.2 Å². The molecule has 0 aliphatic carbocycles. The van der Waals surface area contributed by atoms with E-state index in [1.807, 2.05) is 42.3 Å². The van der Waals surface area contributed by atoms with E-state index < -0.39 is 0 Å². The molecular formula is C21H23N5O2. The maximum Gasteiger partial charge on any atom is 0.275 e. The molecule has 1 amide bonds. The quantitative estimate of drug-likeness (QED) is 0.682. The summed E-state index contributed by atoms with van der Waals surface area (Å²) in [6.07, 6.45) is 4.06. The minimum atomic E-state index is -0.225. The molecule has 7 heteroatoms. The largest absolute Gasteiger partial charge is 0.339 e. The topological polar surface area (TPSA) is 71.3 Å². The predicted molar refractivity (Wildman–Crippen MR) is 107 cm³/mol. The molecule has 0 bridgehead atoms. The molecule has 0 N–H and O–H groups in total. The second kappa shape index (κ2) is 7.90. The van der Waals surface area contributed by atoms with Gasteiger partial charge in [-0.2, -0.15) is 5.10 Å². The summed E-state index contributed by atoms with van der Waals surface area (Å²) in [7, 11) is 2.04. The Morgan fingerprint density at radius 2 is 1.68 bits per heavy atom. The summed E-state index contributed by atoms with van der Waals surface area (Å²) >= 11 is 0. The lowest BCUT2D eigenvalue weighted by atomic mass is 10.1. The first-order chi connectivity index (χ1) is 13.6. The van der Waals surface area contributed by atoms with Crippen LogP contribution in [0, 0.1) is 0 Å². The highest BCUT2D eigenvalue weighted by Crippen LogP contribution is 2.16. The van der Waals surface area contributed by atoms with Gasteiger partial charge in [0, 0.05) is 50.4 Å². The van der Waals surface area contributed by atoms with Gasteiger partial charge in [-0.3, -0.25) is 14.6 Å². The predicted octanol–water partition coefficient (Wildman–Crippen LogP) is 1.16. The maximum atomic E-state index is 12.9. The molecule has 0 unspecified atom stereocenters. The van der Waals surface area contributed by atoms with Crippen molar-refractivity contribution >= 4 is 16.7 Å². The minimum Gasteiger partial charge on any atom is -0.339 e. The number of rotatable bonds is 4. The van der Waals surface area contributed by atoms with Gasteiger partial charge in [-0.25, -0.2) is 4.68 Å². The number of carbonyl (C=O) groups excluding carboxylic acids is 1. The zero-order valence-corrected chi connectivity index (χ0v) is 15.9. The zero-order chi connectivity index (χ0) is 19.5. The zero-order valence-electron chi connectivity index (χ0n) is 15.9. The third-order valence-corrected chi connectivity index (χ3v) is 5.21. The van der Waals surface area contributed by atoms with E-state index in [1.54, 1.807) is 18.5 Å². The molecule has 3 heterocycles. The van der Waals surface area contributed by atoms with Gasteiger partial charge >= 0.3 is 0 Å². The number of hydrogen-bond acceptors (Lipinski definition) is 5. The van der Waals surface area contributed by atoms with Gasteiger partial charge in [0.1, 0.15) is 6.54 Å². The number of amides is 1. The number of benzene rings is 1. The number of pyridine rings is 1. The van der Waals surface area contributed by atoms with E-state index in [-0.39, 0.29) is 18.0 Å². The molecule has 2 aromatic heterocycles. The Morgan fingerprint density at radius 1 is 1.00 bits per heavy atom. The minimum absolute atomic E-state index is 0.0310. The van der Waals surface area contributed by atoms with Crippen molar-refractivity contribution in [2.45, 2.75) is 13.0 Å². The van der Waals surface area contributed by atoms with Crippen molar-refractivity contribution in [2.75, 3.05) is 33.2 Å². The van der Waals surface area contributed by atoms with Crippen LogP contribution in [0.3, 0.4) is 0 Å². The van der Waals surface area contributed by atoms with Crippen molar-refractivity contribution < 1.29 is 4.79 Å². The van der Waals surface area contributed by atoms with Crippen LogP contribution in [-0.4, -0.2) is 63.7 Å². The van der Waals surface area contributed by atoms with E-state index in [2.05, 4.69) is 15.0 Å². The fourth-order valence-electron chi connectivity index (χ4n) is 3.52. The lowest BCUT2D eigenvalue weighted by Crippen LogP contribution is -2.48. The van der Waals surface area contributed by atoms with Gasteiger partial charge in [0.25, 0.3) is 5.56 Å². The van der Waals surface area contributed by atoms with Crippen LogP contribution in [0.1, 0.15) is 11.3 Å². The summed E-state index contributed by atoms with van der Waals surface area (Å²) in [6.45, 7) is 3.03. The van der Waals surface area contributed by atoms with Crippen molar-refractivity contribution in [1.82, 2.24) is 24.6 Å². The first-order valence-electron chi connectivity index (χ1n) is 9.46. The molecule has 0 radical (unpaired) electrons. The normalized spacial score (nSPS) is 15.1. The lowest BCUT2D eigenvalue weighted by Gasteiger charge is -2.32. The van der Waals surface area contributed by atoms with E-state index in [4.69, 9.17) is 0 Å². The smallest absolute Gasteiger partial charge is 0.275 e. The highest BCUT2D eigenvalue weighted by atomic mass is 16.2. The Labute approximate surface area is 163 Å². The van der Waals surface area contributed by atoms with Crippen molar-refractivity contribution in [3.05, 3.63) is 70.4 Å². The van der Waals surface area contributed by atoms with E-state index >= 15 is 0 Å². The Kier molecular flexibility index (Phi) is 5.16. The third kappa shape index (κ3) is 3.80. The molecule has 144 valence electrons. The van der Waals surface area contributed by atoms with Crippen LogP contribution in [0.15, 0.2) is 53.6 Å². The first-order valence-corrected chi connectivity index (χ1v) is 9.46. The van der Waals surface area contributed by atoms with Crippen LogP contribution < -0.4 is 5.56 Å². The van der Waals surface area contributed by atoms with E-state index in [1.165, 1.54) is 4.68 Å². The van der Waals surface area contributed by atoms with E-state index in [9.17, 15) is 9.59 Å². The van der Waals surface area contributed by atoms with E-state index in [0.29, 0.717) is 24.9 Å². The number of nitrogens with zero attached hydrogens (tertiary/aromatic N) is 5. The molecule has 1 saturated heterocycles. The van der Waals surface area contributed by atoms with Crippen LogP contribution >= 0.6 is 0 Å². The maximum absolute atomic E-state index is 12.9. The first kappa shape index (κ1) is 18.3. The summed E-state index contributed by atoms with van der Waals surface area (Å²) in [5.41, 5.74) is 1.62. The second-order valence-corrected chi connectivity index (χ2v) is 7.17. The van der Waals surface area contributed by atoms with Crippen molar-refractivity contribution in [3.63, 3.8) is 0 Å². The van der Waals surface area contributed by atoms with Crippen LogP contribution in [-0.2, 0) is 17.8 Å². The summed E-state index contributed by atoms with van der Waals surface area (Å²) in [5.74, 6) is -0.0622. The number of likely N-dealkylation sites (N-methyl/N-ethyl adjacent to an activating group) is 1. The highest BCUT2D eigenvalue weighted by molar-refractivity contribution is 5.84. The molecule has 7 nitrogen and oxygen atoms in total. The van der Waals surface area contributed by atoms with Gasteiger partial charge in [0.15, 0.2) is 0 Å². The second-order valence-electron chi connectivity index (χ2n) is 7.17. The highest BCUT2D eigenvalue weighted by Gasteiger charge is 2.21. The van der Waals surface area contributed by atoms with Gasteiger partial charge in [0.2, 0.25) is 5.91 Å². The van der Waals surface area contributed by atoms with Crippen molar-refractivity contribution in [2.24, 2.45) is 0 Å². The molecule has 1 fully saturated rings. The Hall–Kier alpha value is -3.06. The fraction of sp³-hybridized carbons (Fsp3) is 0.333. The molecule has 3 aromatic rings. The lowest BCUT2D eigenvalue weighted by molar-refractivity contribution is -0.133. The number of carbonyl (C=O) groups is 1. The molecular weight excluding hydrogens is 354 g/mol. The fourth-order valence-corrected chi connectivity index (χ4v) is 3.52. The third-order valence-electron chi connectivity index (χ3n) is 5.21. The monoisotopic (exact) mass is 377 g/mol. The summed E-state index contributed by atoms with van der Waals surface area (Å²) < 4.78 is 1.32. The number of fused-ring (bicyclic) bond motifs is 1. The molecule has 1 aliphatic rings. The van der Waals surface area contributed by atoms with Crippen molar-refractivity contribution in [1.29, 1.82) is 0 Å². The Morgan fingerprint density at radius 3 is 2.39 bits per heavy atom. The van der Waals surface area contributed by atoms with Gasteiger partial charge < -0.3 is 9.80 Å². The average molecular weight is 377 g/mol. The summed E-state index contributed by atoms with van der Waals surface area (Å²) in [6, 6.07) is 11.3. The van der Waals surface area contributed by atoms with Crippen molar-refractivity contribution in [3.8, 4) is 0 Å². The standard InChI is InChI=1S/C21H23N5O2/c1-24-10-12-25(13-11-24)20(27)15-26-21(28)18-5-3-2-4-17(18)19(23-26)14-16-6-8-22-9-7-16/h2-9H,10-15H2,1H3. The molecule has 1 aromatic carbocycles. The number of piperazine rings is 1. The SMILES string of the molecule is CN1CCN(C(=O)Cn2nc(Cc3ccncc3)c3ccccc3c2=O)CC1. The van der Waals surface area contributed by atoms with Crippen LogP contribution in [0.2, 0.25) is 0 Å². The molecule has 1 aliphatic heterocycles. The molecule has 0 spiro atoms. The van der Waals surface area contributed by atoms with E-state index in [0.717, 1.165) is 29.7 Å². The molecule has 28 heavy (non-hydrogen) atoms. The van der Waals surface area contributed by atoms with Crippen LogP contribution in [0.5, 0.6) is 0 Å². The summed E-state index contributed by atoms with van der Waals surface area (Å²) in [5, 5.41) is 5.99. The molecule has 4 rings (SSSR count). The summed E-state index contributed by atoms with van der Waals surface area (Å²) in [4.78, 5) is 33.7. The Bertz CT molecular complexity index is 1040. The average Bonchev–Trinajstić information content (AvgIpc) is 2.72. The number of aromatic nitrogens is 3. The van der Waals surface area contributed by atoms with Gasteiger partial charge in [-0.05, 0) is 30.8 Å². The number of hydrogen-bond donors (Lipinski definition) is 0. The van der Waals surface area contributed by atoms with Gasteiger partial charge in [0.05, 0.1) is 11.1 Å². The van der Waals surface area contributed by atoms with Crippen LogP contribution in [0.4, 0.5) is 0 Å². The molecule has 0 atom stereocenters. The Balaban J connectivity index is 1.67. The van der Waals surface area contributed by atoms with Gasteiger partial charge in [-0.15, -0.1) is 0 Å².